The highest BCUT2D eigenvalue weighted by molar-refractivity contribution is 5.97. The lowest BCUT2D eigenvalue weighted by Crippen LogP contribution is -2.61. The molecule has 10 bridgehead atoms. The summed E-state index contributed by atoms with van der Waals surface area (Å²) in [5, 5.41) is 19.2. The minimum Gasteiger partial charge on any atom is -0.481 e. The van der Waals surface area contributed by atoms with Gasteiger partial charge in [-0.3, -0.25) is 58.0 Å². The van der Waals surface area contributed by atoms with Crippen LogP contribution in [0.15, 0.2) is 72.8 Å². The second kappa shape index (κ2) is 28.7. The Bertz CT molecular complexity index is 3390. The molecule has 4 aliphatic rings. The van der Waals surface area contributed by atoms with E-state index in [2.05, 4.69) is 21.5 Å². The summed E-state index contributed by atoms with van der Waals surface area (Å²) in [6.45, 7) is 18.4. The SMILES string of the molecule is CC(C)[C@@H]1CC(=O)C(C)(C)/C=C/c2ccc3ccc(nc3c2)[C@@H](C)OC(=O)[C@@H]2CCCN(N2)C(=O)[C@H](CC(=O)N(C)C)NC1=O.CC(C)[C@@H]1CC(=O)C(C)(C)/C=C/c2ccc3ccc(nc3c2)[C@@H](C)OC(=O)[C@@H]2CCCN(N2)C(=O)[C@H](CC(=O)O)NC1=O. The van der Waals surface area contributed by atoms with E-state index in [4.69, 9.17) is 19.4 Å². The number of fused-ring (bicyclic) bond motifs is 8. The highest BCUT2D eigenvalue weighted by Crippen LogP contribution is 2.32. The summed E-state index contributed by atoms with van der Waals surface area (Å²) in [6, 6.07) is 14.7. The number of benzene rings is 2. The molecular formula is C66H85N9O13. The van der Waals surface area contributed by atoms with Crippen molar-refractivity contribution in [2.45, 2.75) is 157 Å². The van der Waals surface area contributed by atoms with Crippen molar-refractivity contribution in [3.05, 3.63) is 95.3 Å². The summed E-state index contributed by atoms with van der Waals surface area (Å²) in [7, 11) is 3.14. The molecule has 0 unspecified atom stereocenters. The van der Waals surface area contributed by atoms with Crippen molar-refractivity contribution >= 4 is 93.0 Å². The molecule has 5 N–H and O–H groups in total. The van der Waals surface area contributed by atoms with E-state index in [0.29, 0.717) is 42.6 Å². The number of ketones is 2. The van der Waals surface area contributed by atoms with Crippen LogP contribution < -0.4 is 21.5 Å². The average molecular weight is 1210 g/mol. The largest absolute Gasteiger partial charge is 0.481 e. The number of carboxylic acid groups (broad SMARTS) is 1. The van der Waals surface area contributed by atoms with Gasteiger partial charge in [-0.1, -0.05) is 88.4 Å². The lowest BCUT2D eigenvalue weighted by atomic mass is 9.79. The zero-order chi connectivity index (χ0) is 64.5. The maximum absolute atomic E-state index is 13.8. The number of aromatic nitrogens is 2. The van der Waals surface area contributed by atoms with Gasteiger partial charge in [-0.2, -0.15) is 0 Å². The first-order valence-electron chi connectivity index (χ1n) is 30.3. The van der Waals surface area contributed by atoms with E-state index < -0.39 is 107 Å². The van der Waals surface area contributed by atoms with Crippen LogP contribution in [0.4, 0.5) is 0 Å². The molecule has 88 heavy (non-hydrogen) atoms. The van der Waals surface area contributed by atoms with Crippen molar-refractivity contribution < 1.29 is 62.5 Å². The number of hydrazine groups is 2. The molecule has 22 nitrogen and oxygen atoms in total. The number of esters is 2. The summed E-state index contributed by atoms with van der Waals surface area (Å²) in [5.74, 6) is -7.32. The molecule has 0 saturated carbocycles. The van der Waals surface area contributed by atoms with Gasteiger partial charge in [0.2, 0.25) is 17.7 Å². The monoisotopic (exact) mass is 1210 g/mol. The van der Waals surface area contributed by atoms with Crippen LogP contribution in [0.25, 0.3) is 34.0 Å². The topological polar surface area (TPSA) is 293 Å². The number of cyclic esters (lactones) is 2. The quantitative estimate of drug-likeness (QED) is 0.120. The predicted octanol–water partition coefficient (Wildman–Crippen LogP) is 7.16. The highest BCUT2D eigenvalue weighted by Gasteiger charge is 2.40. The maximum Gasteiger partial charge on any atom is 0.325 e. The van der Waals surface area contributed by atoms with Gasteiger partial charge in [0.15, 0.2) is 0 Å². The molecule has 2 saturated heterocycles. The number of nitrogens with one attached hydrogen (secondary N) is 4. The van der Waals surface area contributed by atoms with Crippen LogP contribution in [0.1, 0.15) is 155 Å². The third kappa shape index (κ3) is 17.1. The van der Waals surface area contributed by atoms with E-state index in [1.165, 1.54) is 14.9 Å². The Morgan fingerprint density at radius 3 is 1.38 bits per heavy atom. The minimum atomic E-state index is -1.40. The number of hydrogen-bond donors (Lipinski definition) is 5. The molecule has 8 rings (SSSR count). The third-order valence-corrected chi connectivity index (χ3v) is 16.8. The Morgan fingerprint density at radius 1 is 0.614 bits per heavy atom. The van der Waals surface area contributed by atoms with E-state index in [0.717, 1.165) is 27.4 Å². The third-order valence-electron chi connectivity index (χ3n) is 16.8. The van der Waals surface area contributed by atoms with Crippen molar-refractivity contribution in [1.29, 1.82) is 0 Å². The van der Waals surface area contributed by atoms with E-state index in [-0.39, 0.29) is 61.7 Å². The molecule has 22 heteroatoms. The van der Waals surface area contributed by atoms with Gasteiger partial charge < -0.3 is 30.1 Å². The zero-order valence-electron chi connectivity index (χ0n) is 52.5. The molecule has 2 aromatic carbocycles. The number of allylic oxidation sites excluding steroid dienone is 2. The molecule has 0 radical (unpaired) electrons. The first-order chi connectivity index (χ1) is 41.4. The van der Waals surface area contributed by atoms with Gasteiger partial charge >= 0.3 is 17.9 Å². The van der Waals surface area contributed by atoms with Crippen molar-refractivity contribution in [3.8, 4) is 0 Å². The summed E-state index contributed by atoms with van der Waals surface area (Å²) in [4.78, 5) is 143. The Kier molecular flexibility index (Phi) is 22.0. The van der Waals surface area contributed by atoms with Gasteiger partial charge in [0.25, 0.3) is 11.8 Å². The van der Waals surface area contributed by atoms with Crippen molar-refractivity contribution in [2.75, 3.05) is 27.2 Å². The molecule has 8 atom stereocenters. The summed E-state index contributed by atoms with van der Waals surface area (Å²) in [6.07, 6.45) is 6.73. The fourth-order valence-electron chi connectivity index (χ4n) is 10.7. The van der Waals surface area contributed by atoms with Crippen LogP contribution in [0.5, 0.6) is 0 Å². The molecule has 2 aromatic heterocycles. The number of carboxylic acids is 1. The number of pyridine rings is 2. The number of carbonyl (C=O) groups is 10. The Labute approximate surface area is 513 Å². The van der Waals surface area contributed by atoms with Crippen molar-refractivity contribution in [2.24, 2.45) is 34.5 Å². The Morgan fingerprint density at radius 2 is 1.00 bits per heavy atom. The number of nitrogens with zero attached hydrogens (tertiary/aromatic N) is 5. The molecule has 5 amide bonds. The van der Waals surface area contributed by atoms with E-state index in [9.17, 15) is 53.1 Å². The molecule has 472 valence electrons. The van der Waals surface area contributed by atoms with Gasteiger partial charge in [-0.05, 0) is 114 Å². The normalized spacial score (nSPS) is 25.9. The molecule has 6 heterocycles. The summed E-state index contributed by atoms with van der Waals surface area (Å²) in [5.41, 5.74) is 8.25. The smallest absolute Gasteiger partial charge is 0.325 e. The van der Waals surface area contributed by atoms with Gasteiger partial charge in [-0.15, -0.1) is 0 Å². The summed E-state index contributed by atoms with van der Waals surface area (Å²) >= 11 is 0. The molecule has 0 aliphatic carbocycles. The number of amides is 5. The van der Waals surface area contributed by atoms with Crippen LogP contribution in [-0.4, -0.2) is 140 Å². The summed E-state index contributed by atoms with van der Waals surface area (Å²) < 4.78 is 11.5. The van der Waals surface area contributed by atoms with Crippen LogP contribution in [0.2, 0.25) is 0 Å². The molecule has 0 spiro atoms. The number of ether oxygens (including phenoxy) is 2. The first-order valence-corrected chi connectivity index (χ1v) is 30.3. The van der Waals surface area contributed by atoms with E-state index in [1.54, 1.807) is 67.8 Å². The number of rotatable bonds is 6. The zero-order valence-corrected chi connectivity index (χ0v) is 52.5. The van der Waals surface area contributed by atoms with E-state index in [1.807, 2.05) is 101 Å². The average Bonchev–Trinajstić information content (AvgIpc) is 1.76. The van der Waals surface area contributed by atoms with Gasteiger partial charge in [0.05, 0.1) is 35.3 Å². The molecule has 4 aliphatic heterocycles. The van der Waals surface area contributed by atoms with Crippen LogP contribution in [0.3, 0.4) is 0 Å². The van der Waals surface area contributed by atoms with Gasteiger partial charge in [-0.25, -0.2) is 20.8 Å². The fraction of sp³-hybridized carbons (Fsp3) is 0.515. The highest BCUT2D eigenvalue weighted by atomic mass is 16.5. The Hall–Kier alpha value is -8.24. The lowest BCUT2D eigenvalue weighted by Gasteiger charge is -2.36. The van der Waals surface area contributed by atoms with Crippen molar-refractivity contribution in [3.63, 3.8) is 0 Å². The Balaban J connectivity index is 0.000000251. The molecule has 2 fully saturated rings. The first kappa shape index (κ1) is 67.3. The van der Waals surface area contributed by atoms with Crippen LogP contribution in [-0.2, 0) is 57.4 Å². The fourth-order valence-corrected chi connectivity index (χ4v) is 10.7. The lowest BCUT2D eigenvalue weighted by molar-refractivity contribution is -0.158. The second-order valence-corrected chi connectivity index (χ2v) is 25.4. The predicted molar refractivity (Wildman–Crippen MR) is 329 cm³/mol. The number of carbonyl (C=O) groups excluding carboxylic acids is 9. The number of aliphatic carboxylic acids is 1. The molecular weight excluding hydrogens is 1130 g/mol. The number of Topliss-reactive ketones (excluding diaryl/α,β-unsaturated/α-hetero) is 2. The van der Waals surface area contributed by atoms with Gasteiger partial charge in [0.1, 0.15) is 47.9 Å². The molecule has 4 aromatic rings. The van der Waals surface area contributed by atoms with Crippen LogP contribution >= 0.6 is 0 Å². The minimum absolute atomic E-state index is 0.0419. The van der Waals surface area contributed by atoms with Gasteiger partial charge in [0, 0.05) is 73.5 Å². The second-order valence-electron chi connectivity index (χ2n) is 25.4. The maximum atomic E-state index is 13.8. The van der Waals surface area contributed by atoms with Crippen LogP contribution in [0, 0.1) is 34.5 Å². The van der Waals surface area contributed by atoms with E-state index >= 15 is 0 Å². The standard InChI is InChI=1S/C34H45N5O6.C32H40N4O7/c1-20(2)24-18-29(40)34(4,5)15-14-22-10-11-23-12-13-25(35-27(23)17-22)21(3)45-33(44)26-9-8-16-39(37-26)32(43)28(36-31(24)42)19-30(41)38(6)7;1-18(2)22-16-27(37)32(4,5)13-12-20-8-9-21-10-11-23(33-25(21)15-20)19(3)43-31(42)24-7-6-14-36(35-24)30(41)26(17-28(38)39)34-29(22)40/h10-15,17,20-21,24,26,28,37H,8-9,16,18-19H2,1-7H3,(H,36,42);8-13,15,18-19,22,24,26,35H,6-7,14,16-17H2,1-5H3,(H,34,40)(H,38,39)/b15-14+;13-12+/t21-,24+,26+,28+;19-,22+,24+,26+/m11/s1. The number of hydrogen-bond acceptors (Lipinski definition) is 16. The van der Waals surface area contributed by atoms with Crippen molar-refractivity contribution in [1.82, 2.24) is 46.4 Å².